The highest BCUT2D eigenvalue weighted by Crippen LogP contribution is 2.10. The molecule has 0 aliphatic heterocycles. The van der Waals surface area contributed by atoms with Gasteiger partial charge in [-0.25, -0.2) is 17.9 Å². The molecule has 1 aromatic carbocycles. The van der Waals surface area contributed by atoms with E-state index in [0.29, 0.717) is 0 Å². The van der Waals surface area contributed by atoms with Gasteiger partial charge in [0.05, 0.1) is 10.5 Å². The fraction of sp³-hybridized carbons (Fsp3) is 0.250. The van der Waals surface area contributed by atoms with Gasteiger partial charge in [-0.3, -0.25) is 0 Å². The summed E-state index contributed by atoms with van der Waals surface area (Å²) in [5.41, 5.74) is 1.07. The molecule has 0 saturated heterocycles. The first-order valence-electron chi connectivity index (χ1n) is 5.29. The van der Waals surface area contributed by atoms with Gasteiger partial charge in [0, 0.05) is 6.54 Å². The Balaban J connectivity index is 2.85. The van der Waals surface area contributed by atoms with Crippen LogP contribution < -0.4 is 4.72 Å². The van der Waals surface area contributed by atoms with Gasteiger partial charge in [-0.1, -0.05) is 11.6 Å². The zero-order chi connectivity index (χ0) is 13.8. The summed E-state index contributed by atoms with van der Waals surface area (Å²) in [6.07, 6.45) is 1.75. The van der Waals surface area contributed by atoms with Crippen molar-refractivity contribution in [1.29, 1.82) is 0 Å². The van der Waals surface area contributed by atoms with E-state index in [1.54, 1.807) is 6.08 Å². The summed E-state index contributed by atoms with van der Waals surface area (Å²) in [5.74, 6) is -1.09. The number of sulfonamides is 1. The van der Waals surface area contributed by atoms with Gasteiger partial charge in [0.1, 0.15) is 0 Å². The molecule has 5 nitrogen and oxygen atoms in total. The van der Waals surface area contributed by atoms with Crippen LogP contribution >= 0.6 is 0 Å². The maximum Gasteiger partial charge on any atom is 0.335 e. The number of nitrogens with one attached hydrogen (secondary N) is 1. The fourth-order valence-electron chi connectivity index (χ4n) is 1.22. The van der Waals surface area contributed by atoms with E-state index in [2.05, 4.69) is 4.72 Å². The third-order valence-electron chi connectivity index (χ3n) is 2.20. The van der Waals surface area contributed by atoms with Crippen LogP contribution in [0.3, 0.4) is 0 Å². The van der Waals surface area contributed by atoms with Crippen LogP contribution in [-0.4, -0.2) is 26.0 Å². The standard InChI is InChI=1S/C12H15NO4S/c1-9(2)7-8-13-18(16,17)11-5-3-10(4-6-11)12(14)15/h3-7,13H,8H2,1-2H3,(H,14,15). The van der Waals surface area contributed by atoms with Crippen LogP contribution in [0.5, 0.6) is 0 Å². The lowest BCUT2D eigenvalue weighted by Gasteiger charge is -2.05. The molecule has 0 aliphatic carbocycles. The summed E-state index contributed by atoms with van der Waals surface area (Å²) in [4.78, 5) is 10.7. The van der Waals surface area contributed by atoms with Crippen molar-refractivity contribution in [2.75, 3.05) is 6.54 Å². The van der Waals surface area contributed by atoms with Crippen molar-refractivity contribution in [3.63, 3.8) is 0 Å². The zero-order valence-electron chi connectivity index (χ0n) is 10.2. The molecule has 0 unspecified atom stereocenters. The van der Waals surface area contributed by atoms with Crippen LogP contribution in [0.4, 0.5) is 0 Å². The van der Waals surface area contributed by atoms with E-state index >= 15 is 0 Å². The largest absolute Gasteiger partial charge is 0.478 e. The Morgan fingerprint density at radius 3 is 2.28 bits per heavy atom. The maximum atomic E-state index is 11.8. The van der Waals surface area contributed by atoms with Gasteiger partial charge in [0.2, 0.25) is 10.0 Å². The fourth-order valence-corrected chi connectivity index (χ4v) is 2.18. The Morgan fingerprint density at radius 2 is 1.83 bits per heavy atom. The minimum Gasteiger partial charge on any atom is -0.478 e. The van der Waals surface area contributed by atoms with Gasteiger partial charge >= 0.3 is 5.97 Å². The maximum absolute atomic E-state index is 11.8. The van der Waals surface area contributed by atoms with E-state index in [-0.39, 0.29) is 17.0 Å². The van der Waals surface area contributed by atoms with Crippen LogP contribution in [0.1, 0.15) is 24.2 Å². The van der Waals surface area contributed by atoms with E-state index in [0.717, 1.165) is 5.57 Å². The first kappa shape index (κ1) is 14.4. The van der Waals surface area contributed by atoms with Gasteiger partial charge in [-0.05, 0) is 38.1 Å². The predicted molar refractivity (Wildman–Crippen MR) is 68.0 cm³/mol. The van der Waals surface area contributed by atoms with E-state index in [9.17, 15) is 13.2 Å². The summed E-state index contributed by atoms with van der Waals surface area (Å²) in [6, 6.07) is 5.07. The highest BCUT2D eigenvalue weighted by molar-refractivity contribution is 7.89. The molecule has 1 rings (SSSR count). The summed E-state index contributed by atoms with van der Waals surface area (Å²) in [6.45, 7) is 3.96. The third-order valence-corrected chi connectivity index (χ3v) is 3.63. The molecule has 0 aromatic heterocycles. The first-order valence-corrected chi connectivity index (χ1v) is 6.77. The monoisotopic (exact) mass is 269 g/mol. The molecule has 0 amide bonds. The lowest BCUT2D eigenvalue weighted by atomic mass is 10.2. The minimum absolute atomic E-state index is 0.0506. The molecule has 18 heavy (non-hydrogen) atoms. The number of hydrogen-bond acceptors (Lipinski definition) is 3. The van der Waals surface area contributed by atoms with Crippen LogP contribution in [-0.2, 0) is 10.0 Å². The Labute approximate surface area is 106 Å². The van der Waals surface area contributed by atoms with Crippen molar-refractivity contribution in [3.8, 4) is 0 Å². The van der Waals surface area contributed by atoms with E-state index in [1.807, 2.05) is 13.8 Å². The number of rotatable bonds is 5. The molecule has 0 bridgehead atoms. The number of carbonyl (C=O) groups is 1. The van der Waals surface area contributed by atoms with Crippen LogP contribution in [0.15, 0.2) is 40.8 Å². The second-order valence-corrected chi connectivity index (χ2v) is 5.73. The normalized spacial score (nSPS) is 11.0. The van der Waals surface area contributed by atoms with Crippen molar-refractivity contribution in [1.82, 2.24) is 4.72 Å². The second kappa shape index (κ2) is 5.79. The molecular formula is C12H15NO4S. The number of carboxylic acids is 1. The minimum atomic E-state index is -3.59. The average Bonchev–Trinajstić information content (AvgIpc) is 2.28. The molecule has 0 aliphatic rings. The summed E-state index contributed by atoms with van der Waals surface area (Å²) in [7, 11) is -3.59. The summed E-state index contributed by atoms with van der Waals surface area (Å²) < 4.78 is 26.0. The lowest BCUT2D eigenvalue weighted by molar-refractivity contribution is 0.0696. The Kier molecular flexibility index (Phi) is 4.63. The summed E-state index contributed by atoms with van der Waals surface area (Å²) in [5, 5.41) is 8.71. The highest BCUT2D eigenvalue weighted by Gasteiger charge is 2.13. The van der Waals surface area contributed by atoms with Crippen molar-refractivity contribution in [2.45, 2.75) is 18.7 Å². The van der Waals surface area contributed by atoms with Crippen molar-refractivity contribution >= 4 is 16.0 Å². The Hall–Kier alpha value is -1.66. The molecule has 0 heterocycles. The SMILES string of the molecule is CC(C)=CCNS(=O)(=O)c1ccc(C(=O)O)cc1. The highest BCUT2D eigenvalue weighted by atomic mass is 32.2. The number of hydrogen-bond donors (Lipinski definition) is 2. The topological polar surface area (TPSA) is 83.5 Å². The number of aromatic carboxylic acids is 1. The van der Waals surface area contributed by atoms with E-state index in [4.69, 9.17) is 5.11 Å². The molecular weight excluding hydrogens is 254 g/mol. The molecule has 0 radical (unpaired) electrons. The van der Waals surface area contributed by atoms with Crippen LogP contribution in [0.2, 0.25) is 0 Å². The Bertz CT molecular complexity index is 554. The van der Waals surface area contributed by atoms with Crippen LogP contribution in [0, 0.1) is 0 Å². The Morgan fingerprint density at radius 1 is 1.28 bits per heavy atom. The zero-order valence-corrected chi connectivity index (χ0v) is 11.0. The van der Waals surface area contributed by atoms with Gasteiger partial charge in [0.15, 0.2) is 0 Å². The van der Waals surface area contributed by atoms with Crippen LogP contribution in [0.25, 0.3) is 0 Å². The van der Waals surface area contributed by atoms with Gasteiger partial charge in [-0.15, -0.1) is 0 Å². The number of carboxylic acid groups (broad SMARTS) is 1. The van der Waals surface area contributed by atoms with Gasteiger partial charge in [0.25, 0.3) is 0 Å². The molecule has 0 atom stereocenters. The van der Waals surface area contributed by atoms with Crippen molar-refractivity contribution < 1.29 is 18.3 Å². The third kappa shape index (κ3) is 3.97. The molecule has 0 fully saturated rings. The number of allylic oxidation sites excluding steroid dienone is 1. The second-order valence-electron chi connectivity index (χ2n) is 3.96. The van der Waals surface area contributed by atoms with Crippen molar-refractivity contribution in [2.24, 2.45) is 0 Å². The molecule has 0 saturated carbocycles. The van der Waals surface area contributed by atoms with Gasteiger partial charge < -0.3 is 5.11 Å². The van der Waals surface area contributed by atoms with Crippen molar-refractivity contribution in [3.05, 3.63) is 41.5 Å². The quantitative estimate of drug-likeness (QED) is 0.796. The average molecular weight is 269 g/mol. The molecule has 6 heteroatoms. The molecule has 1 aromatic rings. The van der Waals surface area contributed by atoms with E-state index < -0.39 is 16.0 Å². The number of benzene rings is 1. The smallest absolute Gasteiger partial charge is 0.335 e. The molecule has 2 N–H and O–H groups in total. The lowest BCUT2D eigenvalue weighted by Crippen LogP contribution is -2.23. The van der Waals surface area contributed by atoms with Gasteiger partial charge in [-0.2, -0.15) is 0 Å². The summed E-state index contributed by atoms with van der Waals surface area (Å²) >= 11 is 0. The molecule has 98 valence electrons. The first-order chi connectivity index (χ1) is 8.33. The van der Waals surface area contributed by atoms with E-state index in [1.165, 1.54) is 24.3 Å². The molecule has 0 spiro atoms. The predicted octanol–water partition coefficient (Wildman–Crippen LogP) is 1.63.